The highest BCUT2D eigenvalue weighted by molar-refractivity contribution is 4.68. The van der Waals surface area contributed by atoms with Gasteiger partial charge in [-0.15, -0.1) is 0 Å². The smallest absolute Gasteiger partial charge is 0.163 e. The van der Waals surface area contributed by atoms with Crippen LogP contribution in [0.2, 0.25) is 0 Å². The maximum Gasteiger partial charge on any atom is 0.163 e. The highest BCUT2D eigenvalue weighted by Gasteiger charge is 2.27. The minimum Gasteiger partial charge on any atom is -0.371 e. The SMILES string of the molecule is CCCC(OC(CC)OCC1CO1)OC(CC)OCC1CO1. The molecule has 0 saturated carbocycles. The molecular formula is C16H30O6. The van der Waals surface area contributed by atoms with Crippen molar-refractivity contribution in [3.63, 3.8) is 0 Å². The fourth-order valence-electron chi connectivity index (χ4n) is 2.01. The molecule has 130 valence electrons. The van der Waals surface area contributed by atoms with Gasteiger partial charge < -0.3 is 28.4 Å². The van der Waals surface area contributed by atoms with E-state index in [-0.39, 0.29) is 31.1 Å². The molecular weight excluding hydrogens is 288 g/mol. The van der Waals surface area contributed by atoms with Crippen molar-refractivity contribution < 1.29 is 28.4 Å². The number of epoxide rings is 2. The third-order valence-electron chi connectivity index (χ3n) is 3.54. The first kappa shape index (κ1) is 18.1. The Bertz CT molecular complexity index is 266. The lowest BCUT2D eigenvalue weighted by Gasteiger charge is -2.27. The molecule has 0 spiro atoms. The Morgan fingerprint density at radius 3 is 1.59 bits per heavy atom. The van der Waals surface area contributed by atoms with Crippen molar-refractivity contribution in [3.05, 3.63) is 0 Å². The first-order chi connectivity index (χ1) is 10.7. The summed E-state index contributed by atoms with van der Waals surface area (Å²) in [6, 6.07) is 0. The quantitative estimate of drug-likeness (QED) is 0.362. The van der Waals surface area contributed by atoms with E-state index in [1.165, 1.54) is 0 Å². The predicted molar refractivity (Wildman–Crippen MR) is 80.4 cm³/mol. The monoisotopic (exact) mass is 318 g/mol. The number of rotatable bonds is 14. The number of ether oxygens (including phenoxy) is 6. The maximum atomic E-state index is 5.96. The van der Waals surface area contributed by atoms with Gasteiger partial charge in [-0.1, -0.05) is 27.2 Å². The molecule has 6 nitrogen and oxygen atoms in total. The highest BCUT2D eigenvalue weighted by Crippen LogP contribution is 2.18. The molecule has 0 radical (unpaired) electrons. The summed E-state index contributed by atoms with van der Waals surface area (Å²) in [5, 5.41) is 0. The van der Waals surface area contributed by atoms with E-state index >= 15 is 0 Å². The van der Waals surface area contributed by atoms with E-state index in [1.54, 1.807) is 0 Å². The fraction of sp³-hybridized carbons (Fsp3) is 1.00. The molecule has 0 aliphatic carbocycles. The summed E-state index contributed by atoms with van der Waals surface area (Å²) in [5.74, 6) is 0. The Balaban J connectivity index is 1.71. The molecule has 0 aromatic carbocycles. The van der Waals surface area contributed by atoms with Gasteiger partial charge in [0.25, 0.3) is 0 Å². The number of hydrogen-bond donors (Lipinski definition) is 0. The van der Waals surface area contributed by atoms with Crippen molar-refractivity contribution >= 4 is 0 Å². The zero-order valence-electron chi connectivity index (χ0n) is 14.0. The highest BCUT2D eigenvalue weighted by atomic mass is 16.8. The first-order valence-electron chi connectivity index (χ1n) is 8.52. The van der Waals surface area contributed by atoms with Gasteiger partial charge in [0.15, 0.2) is 18.9 Å². The minimum atomic E-state index is -0.305. The molecule has 0 aromatic rings. The summed E-state index contributed by atoms with van der Waals surface area (Å²) in [4.78, 5) is 0. The van der Waals surface area contributed by atoms with Crippen LogP contribution in [0.5, 0.6) is 0 Å². The molecule has 22 heavy (non-hydrogen) atoms. The minimum absolute atomic E-state index is 0.244. The summed E-state index contributed by atoms with van der Waals surface area (Å²) in [5.41, 5.74) is 0. The Labute approximate surface area is 133 Å². The van der Waals surface area contributed by atoms with Crippen LogP contribution in [0.1, 0.15) is 46.5 Å². The van der Waals surface area contributed by atoms with Gasteiger partial charge in [-0.3, -0.25) is 0 Å². The van der Waals surface area contributed by atoms with Gasteiger partial charge in [0.1, 0.15) is 12.2 Å². The second kappa shape index (κ2) is 9.80. The van der Waals surface area contributed by atoms with E-state index < -0.39 is 0 Å². The van der Waals surface area contributed by atoms with Gasteiger partial charge in [0, 0.05) is 0 Å². The van der Waals surface area contributed by atoms with Crippen LogP contribution in [0.25, 0.3) is 0 Å². The van der Waals surface area contributed by atoms with Crippen molar-refractivity contribution in [1.29, 1.82) is 0 Å². The van der Waals surface area contributed by atoms with Crippen molar-refractivity contribution in [2.75, 3.05) is 26.4 Å². The van der Waals surface area contributed by atoms with Crippen LogP contribution in [0, 0.1) is 0 Å². The van der Waals surface area contributed by atoms with Crippen molar-refractivity contribution in [3.8, 4) is 0 Å². The molecule has 2 fully saturated rings. The molecule has 4 unspecified atom stereocenters. The zero-order valence-corrected chi connectivity index (χ0v) is 14.0. The summed E-state index contributed by atoms with van der Waals surface area (Å²) in [7, 11) is 0. The molecule has 2 aliphatic heterocycles. The maximum absolute atomic E-state index is 5.96. The average molecular weight is 318 g/mol. The average Bonchev–Trinajstić information content (AvgIpc) is 3.41. The number of hydrogen-bond acceptors (Lipinski definition) is 6. The lowest BCUT2D eigenvalue weighted by molar-refractivity contribution is -0.297. The van der Waals surface area contributed by atoms with Crippen molar-refractivity contribution in [2.24, 2.45) is 0 Å². The van der Waals surface area contributed by atoms with Crippen LogP contribution < -0.4 is 0 Å². The lowest BCUT2D eigenvalue weighted by Crippen LogP contribution is -2.32. The van der Waals surface area contributed by atoms with Gasteiger partial charge >= 0.3 is 0 Å². The van der Waals surface area contributed by atoms with Crippen LogP contribution in [0.3, 0.4) is 0 Å². The molecule has 2 aliphatic rings. The summed E-state index contributed by atoms with van der Waals surface area (Å²) in [6.45, 7) is 8.95. The summed E-state index contributed by atoms with van der Waals surface area (Å²) < 4.78 is 33.7. The largest absolute Gasteiger partial charge is 0.371 e. The molecule has 2 heterocycles. The standard InChI is InChI=1S/C16H30O6/c1-4-7-16(21-14(5-2)19-10-12-8-17-12)22-15(6-3)20-11-13-9-18-13/h12-16H,4-11H2,1-3H3. The second-order valence-corrected chi connectivity index (χ2v) is 5.74. The fourth-order valence-corrected chi connectivity index (χ4v) is 2.01. The normalized spacial score (nSPS) is 27.4. The molecule has 4 atom stereocenters. The van der Waals surface area contributed by atoms with Crippen LogP contribution in [-0.2, 0) is 28.4 Å². The van der Waals surface area contributed by atoms with Gasteiger partial charge in [-0.05, 0) is 19.3 Å². The Morgan fingerprint density at radius 2 is 1.27 bits per heavy atom. The summed E-state index contributed by atoms with van der Waals surface area (Å²) >= 11 is 0. The Hall–Kier alpha value is -0.240. The second-order valence-electron chi connectivity index (χ2n) is 5.74. The predicted octanol–water partition coefficient (Wildman–Crippen LogP) is 2.45. The molecule has 0 bridgehead atoms. The third-order valence-corrected chi connectivity index (χ3v) is 3.54. The summed E-state index contributed by atoms with van der Waals surface area (Å²) in [6.07, 6.45) is 3.03. The van der Waals surface area contributed by atoms with E-state index in [9.17, 15) is 0 Å². The van der Waals surface area contributed by atoms with Crippen LogP contribution in [-0.4, -0.2) is 57.5 Å². The van der Waals surface area contributed by atoms with Gasteiger partial charge in [-0.25, -0.2) is 0 Å². The van der Waals surface area contributed by atoms with E-state index in [4.69, 9.17) is 28.4 Å². The van der Waals surface area contributed by atoms with E-state index in [2.05, 4.69) is 6.92 Å². The van der Waals surface area contributed by atoms with Gasteiger partial charge in [-0.2, -0.15) is 0 Å². The zero-order chi connectivity index (χ0) is 15.8. The molecule has 0 aromatic heterocycles. The molecule has 0 N–H and O–H groups in total. The van der Waals surface area contributed by atoms with E-state index in [0.717, 1.165) is 38.9 Å². The van der Waals surface area contributed by atoms with Gasteiger partial charge in [0.05, 0.1) is 26.4 Å². The van der Waals surface area contributed by atoms with Gasteiger partial charge in [0.2, 0.25) is 0 Å². The third kappa shape index (κ3) is 7.35. The molecule has 6 heteroatoms. The Kier molecular flexibility index (Phi) is 8.06. The van der Waals surface area contributed by atoms with Crippen LogP contribution >= 0.6 is 0 Å². The Morgan fingerprint density at radius 1 is 0.818 bits per heavy atom. The topological polar surface area (TPSA) is 62.0 Å². The van der Waals surface area contributed by atoms with E-state index in [1.807, 2.05) is 13.8 Å². The first-order valence-corrected chi connectivity index (χ1v) is 8.52. The van der Waals surface area contributed by atoms with Crippen molar-refractivity contribution in [2.45, 2.75) is 77.5 Å². The van der Waals surface area contributed by atoms with Crippen LogP contribution in [0.4, 0.5) is 0 Å². The van der Waals surface area contributed by atoms with E-state index in [0.29, 0.717) is 13.2 Å². The molecule has 0 amide bonds. The molecule has 2 rings (SSSR count). The van der Waals surface area contributed by atoms with Crippen LogP contribution in [0.15, 0.2) is 0 Å². The lowest BCUT2D eigenvalue weighted by atomic mass is 10.3. The van der Waals surface area contributed by atoms with Crippen molar-refractivity contribution in [1.82, 2.24) is 0 Å². The molecule has 2 saturated heterocycles.